The molecule has 1 unspecified atom stereocenters. The van der Waals surface area contributed by atoms with Crippen LogP contribution in [-0.2, 0) is 6.42 Å². The van der Waals surface area contributed by atoms with Crippen LogP contribution in [0.25, 0.3) is 0 Å². The Morgan fingerprint density at radius 1 is 1.19 bits per heavy atom. The van der Waals surface area contributed by atoms with Crippen molar-refractivity contribution in [1.82, 2.24) is 5.32 Å². The number of phenols is 2. The highest BCUT2D eigenvalue weighted by atomic mass is 16.6. The lowest BCUT2D eigenvalue weighted by molar-refractivity contribution is -0.384. The van der Waals surface area contributed by atoms with Crippen molar-refractivity contribution in [1.29, 1.82) is 0 Å². The van der Waals surface area contributed by atoms with Crippen molar-refractivity contribution in [2.75, 3.05) is 6.54 Å². The van der Waals surface area contributed by atoms with Gasteiger partial charge in [-0.1, -0.05) is 12.1 Å². The van der Waals surface area contributed by atoms with Crippen LogP contribution in [0.3, 0.4) is 0 Å². The van der Waals surface area contributed by atoms with Gasteiger partial charge in [0.25, 0.3) is 5.69 Å². The summed E-state index contributed by atoms with van der Waals surface area (Å²) in [5.74, 6) is -0.332. The van der Waals surface area contributed by atoms with Gasteiger partial charge in [-0.3, -0.25) is 10.1 Å². The van der Waals surface area contributed by atoms with Crippen molar-refractivity contribution in [3.05, 3.63) is 63.2 Å². The summed E-state index contributed by atoms with van der Waals surface area (Å²) in [5.41, 5.74) is 2.55. The van der Waals surface area contributed by atoms with Crippen LogP contribution in [0.15, 0.2) is 36.4 Å². The number of non-ortho nitro benzene ring substituents is 1. The Morgan fingerprint density at radius 2 is 1.95 bits per heavy atom. The van der Waals surface area contributed by atoms with E-state index in [1.54, 1.807) is 12.1 Å². The van der Waals surface area contributed by atoms with E-state index >= 15 is 0 Å². The van der Waals surface area contributed by atoms with Crippen LogP contribution in [-0.4, -0.2) is 21.7 Å². The molecule has 1 aliphatic rings. The summed E-state index contributed by atoms with van der Waals surface area (Å²) in [6.07, 6.45) is 0.731. The van der Waals surface area contributed by atoms with E-state index < -0.39 is 4.92 Å². The molecule has 0 aromatic heterocycles. The van der Waals surface area contributed by atoms with Crippen molar-refractivity contribution >= 4 is 5.69 Å². The predicted molar refractivity (Wildman–Crippen MR) is 76.4 cm³/mol. The topological polar surface area (TPSA) is 95.6 Å². The number of hydrogen-bond acceptors (Lipinski definition) is 5. The highest BCUT2D eigenvalue weighted by Gasteiger charge is 2.24. The summed E-state index contributed by atoms with van der Waals surface area (Å²) in [7, 11) is 0. The minimum atomic E-state index is -0.429. The van der Waals surface area contributed by atoms with E-state index in [9.17, 15) is 20.3 Å². The third kappa shape index (κ3) is 2.41. The summed E-state index contributed by atoms with van der Waals surface area (Å²) in [6.45, 7) is 0.699. The van der Waals surface area contributed by atoms with Crippen LogP contribution in [0.4, 0.5) is 5.69 Å². The lowest BCUT2D eigenvalue weighted by atomic mass is 9.89. The Bertz CT molecular complexity index is 715. The summed E-state index contributed by atoms with van der Waals surface area (Å²) in [4.78, 5) is 10.5. The molecule has 1 aliphatic heterocycles. The van der Waals surface area contributed by atoms with Crippen LogP contribution < -0.4 is 5.32 Å². The van der Waals surface area contributed by atoms with E-state index in [-0.39, 0.29) is 23.2 Å². The Balaban J connectivity index is 2.08. The minimum absolute atomic E-state index is 0.0319. The second-order valence-electron chi connectivity index (χ2n) is 5.03. The standard InChI is InChI=1S/C15H14N2O4/c18-13-7-9-4-5-16-15(12(9)8-14(13)19)10-2-1-3-11(6-10)17(20)21/h1-3,6-8,15-16,18-19H,4-5H2. The van der Waals surface area contributed by atoms with Gasteiger partial charge < -0.3 is 15.5 Å². The molecule has 0 amide bonds. The molecule has 108 valence electrons. The van der Waals surface area contributed by atoms with Crippen LogP contribution in [0, 0.1) is 10.1 Å². The Morgan fingerprint density at radius 3 is 2.71 bits per heavy atom. The smallest absolute Gasteiger partial charge is 0.269 e. The molecule has 1 heterocycles. The average molecular weight is 286 g/mol. The van der Waals surface area contributed by atoms with Crippen molar-refractivity contribution in [2.45, 2.75) is 12.5 Å². The van der Waals surface area contributed by atoms with Gasteiger partial charge in [0.2, 0.25) is 0 Å². The van der Waals surface area contributed by atoms with E-state index in [0.29, 0.717) is 6.54 Å². The summed E-state index contributed by atoms with van der Waals surface area (Å²) >= 11 is 0. The van der Waals surface area contributed by atoms with Gasteiger partial charge in [-0.15, -0.1) is 0 Å². The summed E-state index contributed by atoms with van der Waals surface area (Å²) in [5, 5.41) is 33.5. The SMILES string of the molecule is O=[N+]([O-])c1cccc(C2NCCc3cc(O)c(O)cc32)c1. The molecule has 6 heteroatoms. The third-order valence-corrected chi connectivity index (χ3v) is 3.70. The lowest BCUT2D eigenvalue weighted by Gasteiger charge is -2.27. The minimum Gasteiger partial charge on any atom is -0.504 e. The largest absolute Gasteiger partial charge is 0.504 e. The van der Waals surface area contributed by atoms with Gasteiger partial charge in [-0.25, -0.2) is 0 Å². The molecular formula is C15H14N2O4. The maximum absolute atomic E-state index is 10.9. The summed E-state index contributed by atoms with van der Waals surface area (Å²) in [6, 6.07) is 9.25. The monoisotopic (exact) mass is 286 g/mol. The molecule has 0 bridgehead atoms. The molecule has 0 spiro atoms. The number of hydrogen-bond donors (Lipinski definition) is 3. The van der Waals surface area contributed by atoms with Gasteiger partial charge in [0, 0.05) is 18.7 Å². The fourth-order valence-electron chi connectivity index (χ4n) is 2.70. The van der Waals surface area contributed by atoms with Gasteiger partial charge in [0.05, 0.1) is 11.0 Å². The normalized spacial score (nSPS) is 17.2. The molecule has 2 aromatic carbocycles. The maximum Gasteiger partial charge on any atom is 0.269 e. The molecule has 3 N–H and O–H groups in total. The Kier molecular flexibility index (Phi) is 3.23. The molecular weight excluding hydrogens is 272 g/mol. The van der Waals surface area contributed by atoms with E-state index in [1.807, 2.05) is 6.07 Å². The third-order valence-electron chi connectivity index (χ3n) is 3.70. The first-order valence-electron chi connectivity index (χ1n) is 6.59. The van der Waals surface area contributed by atoms with E-state index in [0.717, 1.165) is 23.1 Å². The molecule has 1 atom stereocenters. The van der Waals surface area contributed by atoms with Gasteiger partial charge in [-0.2, -0.15) is 0 Å². The highest BCUT2D eigenvalue weighted by molar-refractivity contribution is 5.51. The molecule has 0 aliphatic carbocycles. The molecule has 6 nitrogen and oxygen atoms in total. The van der Waals surface area contributed by atoms with E-state index in [1.165, 1.54) is 18.2 Å². The number of nitrogens with one attached hydrogen (secondary N) is 1. The number of aromatic hydroxyl groups is 2. The van der Waals surface area contributed by atoms with Gasteiger partial charge >= 0.3 is 0 Å². The molecule has 0 saturated carbocycles. The molecule has 3 rings (SSSR count). The Hall–Kier alpha value is -2.60. The summed E-state index contributed by atoms with van der Waals surface area (Å²) < 4.78 is 0. The number of rotatable bonds is 2. The zero-order valence-corrected chi connectivity index (χ0v) is 11.1. The average Bonchev–Trinajstić information content (AvgIpc) is 2.48. The van der Waals surface area contributed by atoms with E-state index in [4.69, 9.17) is 0 Å². The van der Waals surface area contributed by atoms with Crippen molar-refractivity contribution < 1.29 is 15.1 Å². The molecule has 2 aromatic rings. The second kappa shape index (κ2) is 5.06. The zero-order chi connectivity index (χ0) is 15.0. The molecule has 0 fully saturated rings. The fourth-order valence-corrected chi connectivity index (χ4v) is 2.70. The first-order valence-corrected chi connectivity index (χ1v) is 6.59. The molecule has 21 heavy (non-hydrogen) atoms. The van der Waals surface area contributed by atoms with Gasteiger partial charge in [0.1, 0.15) is 0 Å². The number of benzene rings is 2. The molecule has 0 radical (unpaired) electrons. The van der Waals surface area contributed by atoms with Crippen molar-refractivity contribution in [3.63, 3.8) is 0 Å². The lowest BCUT2D eigenvalue weighted by Crippen LogP contribution is -2.30. The zero-order valence-electron chi connectivity index (χ0n) is 11.1. The first-order chi connectivity index (χ1) is 10.1. The highest BCUT2D eigenvalue weighted by Crippen LogP contribution is 2.36. The molecule has 0 saturated heterocycles. The van der Waals surface area contributed by atoms with Crippen molar-refractivity contribution in [3.8, 4) is 11.5 Å². The van der Waals surface area contributed by atoms with Crippen LogP contribution >= 0.6 is 0 Å². The Labute approximate surface area is 120 Å². The van der Waals surface area contributed by atoms with Crippen LogP contribution in [0.5, 0.6) is 11.5 Å². The quantitative estimate of drug-likeness (QED) is 0.447. The van der Waals surface area contributed by atoms with Crippen LogP contribution in [0.1, 0.15) is 22.7 Å². The van der Waals surface area contributed by atoms with Gasteiger partial charge in [-0.05, 0) is 35.2 Å². The fraction of sp³-hybridized carbons (Fsp3) is 0.200. The number of fused-ring (bicyclic) bond motifs is 1. The van der Waals surface area contributed by atoms with E-state index in [2.05, 4.69) is 5.32 Å². The van der Waals surface area contributed by atoms with Crippen LogP contribution in [0.2, 0.25) is 0 Å². The van der Waals surface area contributed by atoms with Gasteiger partial charge in [0.15, 0.2) is 11.5 Å². The number of nitrogens with zero attached hydrogens (tertiary/aromatic N) is 1. The van der Waals surface area contributed by atoms with Crippen molar-refractivity contribution in [2.24, 2.45) is 0 Å². The number of nitro groups is 1. The second-order valence-corrected chi connectivity index (χ2v) is 5.03. The predicted octanol–water partition coefficient (Wildman–Crippen LogP) is 2.24. The number of nitro benzene ring substituents is 1. The maximum atomic E-state index is 10.9. The first kappa shape index (κ1) is 13.4. The number of phenolic OH excluding ortho intramolecular Hbond substituents is 2.